The zero-order chi connectivity index (χ0) is 16.3. The molecule has 0 aromatic carbocycles. The molecule has 0 radical (unpaired) electrons. The number of nitrogens with one attached hydrogen (secondary N) is 1. The first-order valence-electron chi connectivity index (χ1n) is 6.89. The lowest BCUT2D eigenvalue weighted by molar-refractivity contribution is -0.383. The first-order chi connectivity index (χ1) is 10.4. The van der Waals surface area contributed by atoms with Gasteiger partial charge in [-0.3, -0.25) is 10.1 Å². The molecule has 1 aliphatic heterocycles. The highest BCUT2D eigenvalue weighted by Crippen LogP contribution is 2.34. The molecule has 3 N–H and O–H groups in total. The Kier molecular flexibility index (Phi) is 4.59. The highest BCUT2D eigenvalue weighted by Gasteiger charge is 2.29. The van der Waals surface area contributed by atoms with E-state index in [0.717, 1.165) is 12.8 Å². The molecule has 10 heteroatoms. The number of hydrogen-bond donors (Lipinski definition) is 2. The van der Waals surface area contributed by atoms with Gasteiger partial charge in [-0.1, -0.05) is 6.92 Å². The van der Waals surface area contributed by atoms with E-state index in [1.54, 1.807) is 4.90 Å². The van der Waals surface area contributed by atoms with E-state index in [0.29, 0.717) is 19.0 Å². The Morgan fingerprint density at radius 2 is 2.27 bits per heavy atom. The largest absolute Gasteiger partial charge is 0.548 e. The monoisotopic (exact) mass is 309 g/mol. The van der Waals surface area contributed by atoms with Gasteiger partial charge >= 0.3 is 5.69 Å². The number of carboxylic acids is 1. The lowest BCUT2D eigenvalue weighted by Gasteiger charge is -2.31. The molecule has 0 bridgehead atoms. The van der Waals surface area contributed by atoms with Gasteiger partial charge in [-0.05, 0) is 18.8 Å². The summed E-state index contributed by atoms with van der Waals surface area (Å²) in [5.74, 6) is -1.21. The van der Waals surface area contributed by atoms with Gasteiger partial charge in [0.1, 0.15) is 0 Å². The lowest BCUT2D eigenvalue weighted by Crippen LogP contribution is -2.36. The summed E-state index contributed by atoms with van der Waals surface area (Å²) in [5, 5.41) is 24.2. The zero-order valence-corrected chi connectivity index (χ0v) is 12.1. The van der Waals surface area contributed by atoms with E-state index in [-0.39, 0.29) is 23.3 Å². The van der Waals surface area contributed by atoms with Crippen LogP contribution in [0.1, 0.15) is 19.8 Å². The van der Waals surface area contributed by atoms with Gasteiger partial charge in [0.05, 0.1) is 17.4 Å². The molecular formula is C12H17N6O4-. The Balaban J connectivity index is 2.38. The molecule has 1 atom stereocenters. The van der Waals surface area contributed by atoms with Crippen LogP contribution in [-0.2, 0) is 4.79 Å². The molecular weight excluding hydrogens is 292 g/mol. The van der Waals surface area contributed by atoms with Gasteiger partial charge in [0, 0.05) is 13.1 Å². The van der Waals surface area contributed by atoms with E-state index in [4.69, 9.17) is 5.73 Å². The van der Waals surface area contributed by atoms with Crippen LogP contribution >= 0.6 is 0 Å². The highest BCUT2D eigenvalue weighted by atomic mass is 16.6. The number of rotatable bonds is 5. The molecule has 0 saturated carbocycles. The number of carbonyl (C=O) groups is 1. The van der Waals surface area contributed by atoms with E-state index in [1.807, 2.05) is 0 Å². The number of aliphatic carboxylic acids is 1. The highest BCUT2D eigenvalue weighted by molar-refractivity contribution is 5.73. The second-order valence-corrected chi connectivity index (χ2v) is 5.28. The number of carboxylic acid groups (broad SMARTS) is 1. The molecule has 1 aromatic rings. The molecule has 0 aliphatic carbocycles. The minimum Gasteiger partial charge on any atom is -0.548 e. The third kappa shape index (κ3) is 3.51. The minimum atomic E-state index is -1.34. The number of anilines is 3. The van der Waals surface area contributed by atoms with Crippen molar-refractivity contribution in [3.05, 3.63) is 10.1 Å². The van der Waals surface area contributed by atoms with Crippen molar-refractivity contribution in [2.45, 2.75) is 19.8 Å². The van der Waals surface area contributed by atoms with Gasteiger partial charge in [-0.2, -0.15) is 9.97 Å². The maximum Gasteiger partial charge on any atom is 0.353 e. The van der Waals surface area contributed by atoms with Crippen molar-refractivity contribution >= 4 is 29.2 Å². The quantitative estimate of drug-likeness (QED) is 0.534. The summed E-state index contributed by atoms with van der Waals surface area (Å²) in [7, 11) is 0. The summed E-state index contributed by atoms with van der Waals surface area (Å²) in [5.41, 5.74) is 5.29. The van der Waals surface area contributed by atoms with Crippen molar-refractivity contribution in [2.24, 2.45) is 5.92 Å². The Bertz CT molecular complexity index is 593. The van der Waals surface area contributed by atoms with E-state index in [1.165, 1.54) is 0 Å². The van der Waals surface area contributed by atoms with Crippen LogP contribution in [0.3, 0.4) is 0 Å². The standard InChI is InChI=1S/C12H18N6O4/c1-7-3-2-4-17(6-7)11-9(18(21)22)10(13)15-12(16-11)14-5-8(19)20/h7H,2-6H2,1H3,(H,19,20)(H3,13,14,15,16)/p-1/t7-/m0/s1. The van der Waals surface area contributed by atoms with Crippen molar-refractivity contribution in [1.82, 2.24) is 9.97 Å². The Hall–Kier alpha value is -2.65. The van der Waals surface area contributed by atoms with Crippen molar-refractivity contribution in [3.8, 4) is 0 Å². The smallest absolute Gasteiger partial charge is 0.353 e. The van der Waals surface area contributed by atoms with E-state index in [2.05, 4.69) is 22.2 Å². The topological polar surface area (TPSA) is 150 Å². The normalized spacial score (nSPS) is 18.0. The number of carbonyl (C=O) groups excluding carboxylic acids is 1. The van der Waals surface area contributed by atoms with Crippen LogP contribution in [0.25, 0.3) is 0 Å². The van der Waals surface area contributed by atoms with E-state index >= 15 is 0 Å². The molecule has 2 rings (SSSR count). The van der Waals surface area contributed by atoms with E-state index < -0.39 is 17.4 Å². The second-order valence-electron chi connectivity index (χ2n) is 5.28. The van der Waals surface area contributed by atoms with Gasteiger partial charge in [-0.25, -0.2) is 0 Å². The minimum absolute atomic E-state index is 0.0690. The molecule has 1 saturated heterocycles. The van der Waals surface area contributed by atoms with Crippen LogP contribution in [0.2, 0.25) is 0 Å². The average molecular weight is 309 g/mol. The number of nitrogen functional groups attached to an aromatic ring is 1. The van der Waals surface area contributed by atoms with Gasteiger partial charge in [-0.15, -0.1) is 0 Å². The first-order valence-corrected chi connectivity index (χ1v) is 6.89. The van der Waals surface area contributed by atoms with Crippen LogP contribution < -0.4 is 21.1 Å². The summed E-state index contributed by atoms with van der Waals surface area (Å²) >= 11 is 0. The van der Waals surface area contributed by atoms with Crippen molar-refractivity contribution in [1.29, 1.82) is 0 Å². The molecule has 0 unspecified atom stereocenters. The van der Waals surface area contributed by atoms with Crippen molar-refractivity contribution in [2.75, 3.05) is 35.6 Å². The summed E-state index contributed by atoms with van der Waals surface area (Å²) in [4.78, 5) is 30.7. The molecule has 1 fully saturated rings. The predicted molar refractivity (Wildman–Crippen MR) is 77.2 cm³/mol. The van der Waals surface area contributed by atoms with Gasteiger partial charge in [0.25, 0.3) is 0 Å². The maximum atomic E-state index is 11.2. The Morgan fingerprint density at radius 1 is 1.55 bits per heavy atom. The zero-order valence-electron chi connectivity index (χ0n) is 12.1. The van der Waals surface area contributed by atoms with Gasteiger partial charge in [0.15, 0.2) is 0 Å². The van der Waals surface area contributed by atoms with Crippen LogP contribution in [-0.4, -0.2) is 40.5 Å². The first kappa shape index (κ1) is 15.7. The number of nitro groups is 1. The molecule has 0 amide bonds. The molecule has 1 aromatic heterocycles. The van der Waals surface area contributed by atoms with Gasteiger partial charge in [0.2, 0.25) is 17.6 Å². The molecule has 10 nitrogen and oxygen atoms in total. The fraction of sp³-hybridized carbons (Fsp3) is 0.583. The summed E-state index contributed by atoms with van der Waals surface area (Å²) < 4.78 is 0. The molecule has 0 spiro atoms. The number of piperidine rings is 1. The SMILES string of the molecule is C[C@H]1CCCN(c2nc(NCC(=O)[O-])nc(N)c2[N+](=O)[O-])C1. The second kappa shape index (κ2) is 6.41. The van der Waals surface area contributed by atoms with Crippen LogP contribution in [0.5, 0.6) is 0 Å². The molecule has 1 aliphatic rings. The third-order valence-corrected chi connectivity index (χ3v) is 3.42. The van der Waals surface area contributed by atoms with E-state index in [9.17, 15) is 20.0 Å². The summed E-state index contributed by atoms with van der Waals surface area (Å²) in [6.45, 7) is 2.80. The lowest BCUT2D eigenvalue weighted by atomic mass is 10.0. The van der Waals surface area contributed by atoms with Crippen LogP contribution in [0.15, 0.2) is 0 Å². The Labute approximate surface area is 126 Å². The summed E-state index contributed by atoms with van der Waals surface area (Å²) in [6.07, 6.45) is 1.94. The Morgan fingerprint density at radius 3 is 2.86 bits per heavy atom. The van der Waals surface area contributed by atoms with Gasteiger partial charge < -0.3 is 25.9 Å². The van der Waals surface area contributed by atoms with Crippen molar-refractivity contribution in [3.63, 3.8) is 0 Å². The number of aromatic nitrogens is 2. The third-order valence-electron chi connectivity index (χ3n) is 3.42. The average Bonchev–Trinajstić information content (AvgIpc) is 2.44. The number of nitrogens with two attached hydrogens (primary N) is 1. The van der Waals surface area contributed by atoms with Crippen LogP contribution in [0, 0.1) is 16.0 Å². The fourth-order valence-corrected chi connectivity index (χ4v) is 2.47. The fourth-order valence-electron chi connectivity index (χ4n) is 2.47. The van der Waals surface area contributed by atoms with Crippen LogP contribution in [0.4, 0.5) is 23.3 Å². The molecule has 120 valence electrons. The molecule has 2 heterocycles. The predicted octanol–water partition coefficient (Wildman–Crippen LogP) is -0.635. The summed E-state index contributed by atoms with van der Waals surface area (Å²) in [6, 6.07) is 0. The number of hydrogen-bond acceptors (Lipinski definition) is 9. The molecule has 22 heavy (non-hydrogen) atoms. The number of nitrogens with zero attached hydrogens (tertiary/aromatic N) is 4. The van der Waals surface area contributed by atoms with Crippen molar-refractivity contribution < 1.29 is 14.8 Å². The maximum absolute atomic E-state index is 11.2.